The highest BCUT2D eigenvalue weighted by Crippen LogP contribution is 2.27. The third kappa shape index (κ3) is 5.47. The zero-order valence-electron chi connectivity index (χ0n) is 14.1. The molecule has 1 rings (SSSR count). The lowest BCUT2D eigenvalue weighted by Gasteiger charge is -2.19. The van der Waals surface area contributed by atoms with Crippen molar-refractivity contribution in [3.8, 4) is 0 Å². The summed E-state index contributed by atoms with van der Waals surface area (Å²) in [5, 5.41) is 6.08. The summed E-state index contributed by atoms with van der Waals surface area (Å²) in [5.74, 6) is -0.527. The summed E-state index contributed by atoms with van der Waals surface area (Å²) in [6.07, 6.45) is -5.24. The Morgan fingerprint density at radius 2 is 1.88 bits per heavy atom. The summed E-state index contributed by atoms with van der Waals surface area (Å²) < 4.78 is 51.9. The fourth-order valence-corrected chi connectivity index (χ4v) is 2.32. The molecule has 0 saturated heterocycles. The van der Waals surface area contributed by atoms with Crippen LogP contribution < -0.4 is 5.32 Å². The fraction of sp³-hybridized carbons (Fsp3) is 0.733. The van der Waals surface area contributed by atoms with Gasteiger partial charge in [0.15, 0.2) is 0 Å². The van der Waals surface area contributed by atoms with Crippen LogP contribution in [0, 0.1) is 0 Å². The predicted molar refractivity (Wildman–Crippen MR) is 82.3 cm³/mol. The van der Waals surface area contributed by atoms with E-state index in [4.69, 9.17) is 0 Å². The van der Waals surface area contributed by atoms with Crippen LogP contribution in [0.2, 0.25) is 0 Å². The van der Waals surface area contributed by atoms with Crippen molar-refractivity contribution < 1.29 is 22.4 Å². The third-order valence-electron chi connectivity index (χ3n) is 3.82. The molecule has 9 heteroatoms. The quantitative estimate of drug-likeness (QED) is 0.520. The number of alkyl halides is 4. The molecule has 1 amide bonds. The van der Waals surface area contributed by atoms with Gasteiger partial charge in [-0.3, -0.25) is 9.48 Å². The molecule has 24 heavy (non-hydrogen) atoms. The average molecular weight is 352 g/mol. The van der Waals surface area contributed by atoms with Crippen LogP contribution in [0.4, 0.5) is 17.6 Å². The van der Waals surface area contributed by atoms with E-state index < -0.39 is 36.2 Å². The van der Waals surface area contributed by atoms with Crippen molar-refractivity contribution in [2.75, 3.05) is 26.2 Å². The van der Waals surface area contributed by atoms with Crippen molar-refractivity contribution in [1.82, 2.24) is 20.0 Å². The molecule has 138 valence electrons. The van der Waals surface area contributed by atoms with E-state index in [0.717, 1.165) is 19.6 Å². The van der Waals surface area contributed by atoms with E-state index in [-0.39, 0.29) is 0 Å². The Hall–Kier alpha value is -1.64. The molecule has 0 radical (unpaired) electrons. The molecule has 1 heterocycles. The van der Waals surface area contributed by atoms with E-state index in [1.54, 1.807) is 0 Å². The summed E-state index contributed by atoms with van der Waals surface area (Å²) >= 11 is 0. The van der Waals surface area contributed by atoms with Gasteiger partial charge in [-0.2, -0.15) is 5.10 Å². The minimum Gasteiger partial charge on any atom is -0.354 e. The normalized spacial score (nSPS) is 13.1. The molecule has 5 nitrogen and oxygen atoms in total. The smallest absolute Gasteiger partial charge is 0.282 e. The molecule has 1 aromatic rings. The number of hydrogen-bond acceptors (Lipinski definition) is 3. The minimum absolute atomic E-state index is 0.382. The van der Waals surface area contributed by atoms with Gasteiger partial charge in [0, 0.05) is 6.54 Å². The van der Waals surface area contributed by atoms with Gasteiger partial charge in [-0.05, 0) is 39.0 Å². The lowest BCUT2D eigenvalue weighted by molar-refractivity contribution is -0.124. The van der Waals surface area contributed by atoms with Gasteiger partial charge in [-0.1, -0.05) is 13.8 Å². The van der Waals surface area contributed by atoms with Crippen LogP contribution in [-0.4, -0.2) is 46.8 Å². The van der Waals surface area contributed by atoms with Crippen molar-refractivity contribution in [2.45, 2.75) is 46.1 Å². The molecule has 0 bridgehead atoms. The Balaban J connectivity index is 2.65. The van der Waals surface area contributed by atoms with Gasteiger partial charge >= 0.3 is 0 Å². The Morgan fingerprint density at radius 3 is 2.38 bits per heavy atom. The zero-order valence-corrected chi connectivity index (χ0v) is 14.1. The number of hydrogen-bond donors (Lipinski definition) is 1. The van der Waals surface area contributed by atoms with Crippen molar-refractivity contribution in [3.05, 3.63) is 17.5 Å². The minimum atomic E-state index is -2.98. The maximum absolute atomic E-state index is 13.0. The molecule has 0 spiro atoms. The summed E-state index contributed by atoms with van der Waals surface area (Å²) in [6, 6.07) is -0.450. The molecule has 1 unspecified atom stereocenters. The van der Waals surface area contributed by atoms with Crippen LogP contribution in [0.1, 0.15) is 57.5 Å². The molecule has 0 saturated carbocycles. The van der Waals surface area contributed by atoms with Crippen molar-refractivity contribution in [1.29, 1.82) is 0 Å². The largest absolute Gasteiger partial charge is 0.354 e. The van der Waals surface area contributed by atoms with E-state index in [2.05, 4.69) is 15.3 Å². The second kappa shape index (κ2) is 9.61. The van der Waals surface area contributed by atoms with Gasteiger partial charge < -0.3 is 10.2 Å². The van der Waals surface area contributed by atoms with E-state index in [0.29, 0.717) is 23.7 Å². The van der Waals surface area contributed by atoms with Gasteiger partial charge in [-0.15, -0.1) is 0 Å². The monoisotopic (exact) mass is 352 g/mol. The first kappa shape index (κ1) is 20.4. The maximum atomic E-state index is 13.0. The highest BCUT2D eigenvalue weighted by Gasteiger charge is 2.26. The highest BCUT2D eigenvalue weighted by molar-refractivity contribution is 5.79. The second-order valence-electron chi connectivity index (χ2n) is 5.39. The number of halogens is 4. The number of carbonyl (C=O) groups is 1. The number of amides is 1. The Morgan fingerprint density at radius 1 is 1.25 bits per heavy atom. The van der Waals surface area contributed by atoms with Crippen LogP contribution >= 0.6 is 0 Å². The van der Waals surface area contributed by atoms with Crippen LogP contribution in [-0.2, 0) is 4.79 Å². The van der Waals surface area contributed by atoms with Gasteiger partial charge in [0.05, 0.1) is 0 Å². The Bertz CT molecular complexity index is 518. The summed E-state index contributed by atoms with van der Waals surface area (Å²) in [6.45, 7) is 8.43. The van der Waals surface area contributed by atoms with Crippen molar-refractivity contribution in [3.63, 3.8) is 0 Å². The van der Waals surface area contributed by atoms with Crippen LogP contribution in [0.3, 0.4) is 0 Å². The molecule has 1 N–H and O–H groups in total. The molecule has 1 aromatic heterocycles. The highest BCUT2D eigenvalue weighted by atomic mass is 19.3. The average Bonchev–Trinajstić information content (AvgIpc) is 2.99. The molecule has 0 aromatic carbocycles. The summed E-state index contributed by atoms with van der Waals surface area (Å²) in [7, 11) is 0. The topological polar surface area (TPSA) is 50.2 Å². The first-order chi connectivity index (χ1) is 11.3. The van der Waals surface area contributed by atoms with Crippen molar-refractivity contribution in [2.24, 2.45) is 0 Å². The first-order valence-corrected chi connectivity index (χ1v) is 7.97. The number of nitrogens with one attached hydrogen (secondary N) is 1. The van der Waals surface area contributed by atoms with E-state index in [1.165, 1.54) is 6.92 Å². The number of aromatic nitrogens is 2. The molecule has 0 aliphatic carbocycles. The number of rotatable bonds is 10. The van der Waals surface area contributed by atoms with Gasteiger partial charge in [-0.25, -0.2) is 17.6 Å². The van der Waals surface area contributed by atoms with Gasteiger partial charge in [0.25, 0.3) is 12.9 Å². The van der Waals surface area contributed by atoms with Crippen molar-refractivity contribution >= 4 is 5.91 Å². The third-order valence-corrected chi connectivity index (χ3v) is 3.82. The Labute approximate surface area is 139 Å². The van der Waals surface area contributed by atoms with Crippen LogP contribution in [0.15, 0.2) is 6.07 Å². The fourth-order valence-electron chi connectivity index (χ4n) is 2.32. The summed E-state index contributed by atoms with van der Waals surface area (Å²) in [5.41, 5.74) is -1.44. The molecule has 1 atom stereocenters. The number of carbonyl (C=O) groups excluding carboxylic acids is 1. The van der Waals surface area contributed by atoms with Gasteiger partial charge in [0.2, 0.25) is 5.91 Å². The second-order valence-corrected chi connectivity index (χ2v) is 5.39. The first-order valence-electron chi connectivity index (χ1n) is 7.97. The van der Waals surface area contributed by atoms with Crippen LogP contribution in [0.25, 0.3) is 0 Å². The number of nitrogens with zero attached hydrogens (tertiary/aromatic N) is 3. The Kier molecular flexibility index (Phi) is 8.17. The molecular weight excluding hydrogens is 328 g/mol. The SMILES string of the molecule is CCN(CC)CCCNC(=O)C(C)n1nc(C(F)F)cc1C(F)F. The lowest BCUT2D eigenvalue weighted by Crippen LogP contribution is -2.34. The predicted octanol–water partition coefficient (Wildman–Crippen LogP) is 3.17. The molecule has 0 aliphatic rings. The van der Waals surface area contributed by atoms with Crippen LogP contribution in [0.5, 0.6) is 0 Å². The standard InChI is InChI=1S/C15H24F4N4O/c1-4-22(5-2)8-6-7-20-15(24)10(3)23-12(14(18)19)9-11(21-23)13(16)17/h9-10,13-14H,4-8H2,1-3H3,(H,20,24). The van der Waals surface area contributed by atoms with Gasteiger partial charge in [0.1, 0.15) is 17.4 Å². The van der Waals surface area contributed by atoms with E-state index in [1.807, 2.05) is 13.8 Å². The summed E-state index contributed by atoms with van der Waals surface area (Å²) in [4.78, 5) is 14.3. The lowest BCUT2D eigenvalue weighted by atomic mass is 10.3. The zero-order chi connectivity index (χ0) is 18.3. The molecule has 0 aliphatic heterocycles. The maximum Gasteiger partial charge on any atom is 0.282 e. The molecular formula is C15H24F4N4O. The van der Waals surface area contributed by atoms with E-state index in [9.17, 15) is 22.4 Å². The van der Waals surface area contributed by atoms with E-state index >= 15 is 0 Å². The molecule has 0 fully saturated rings.